The summed E-state index contributed by atoms with van der Waals surface area (Å²) in [4.78, 5) is 0. The summed E-state index contributed by atoms with van der Waals surface area (Å²) in [6.45, 7) is 3.04. The minimum absolute atomic E-state index is 0.269. The fraction of sp³-hybridized carbons (Fsp3) is 0.600. The van der Waals surface area contributed by atoms with Crippen molar-refractivity contribution in [3.8, 4) is 0 Å². The van der Waals surface area contributed by atoms with Crippen molar-refractivity contribution in [3.05, 3.63) is 35.4 Å². The number of hydrogen-bond donors (Lipinski definition) is 1. The molecule has 1 aliphatic rings. The number of fused-ring (bicyclic) bond motifs is 1. The van der Waals surface area contributed by atoms with Gasteiger partial charge in [-0.15, -0.1) is 0 Å². The van der Waals surface area contributed by atoms with Crippen LogP contribution in [0, 0.1) is 0 Å². The second kappa shape index (κ2) is 6.06. The quantitative estimate of drug-likeness (QED) is 0.844. The molecule has 2 atom stereocenters. The van der Waals surface area contributed by atoms with Crippen LogP contribution in [0.1, 0.15) is 49.3 Å². The maximum Gasteiger partial charge on any atom is 0.147 e. The Hall–Kier alpha value is -0.870. The molecule has 19 heavy (non-hydrogen) atoms. The molecule has 0 bridgehead atoms. The lowest BCUT2D eigenvalue weighted by atomic mass is 9.81. The van der Waals surface area contributed by atoms with Crippen molar-refractivity contribution in [2.45, 2.75) is 38.1 Å². The highest BCUT2D eigenvalue weighted by Crippen LogP contribution is 2.36. The lowest BCUT2D eigenvalue weighted by Gasteiger charge is -2.30. The fourth-order valence-electron chi connectivity index (χ4n) is 2.83. The van der Waals surface area contributed by atoms with Crippen LogP contribution in [0.2, 0.25) is 0 Å². The third kappa shape index (κ3) is 4.05. The van der Waals surface area contributed by atoms with Gasteiger partial charge >= 0.3 is 0 Å². The van der Waals surface area contributed by atoms with Crippen molar-refractivity contribution in [1.82, 2.24) is 5.32 Å². The van der Waals surface area contributed by atoms with Crippen LogP contribution in [0.4, 0.5) is 0 Å². The van der Waals surface area contributed by atoms with Crippen LogP contribution in [0.25, 0.3) is 0 Å². The van der Waals surface area contributed by atoms with Crippen molar-refractivity contribution in [2.24, 2.45) is 0 Å². The molecule has 0 spiro atoms. The average Bonchev–Trinajstić information content (AvgIpc) is 2.36. The molecule has 106 valence electrons. The minimum atomic E-state index is -2.84. The van der Waals surface area contributed by atoms with Crippen LogP contribution in [0.15, 0.2) is 24.3 Å². The molecule has 1 aromatic carbocycles. The molecule has 1 N–H and O–H groups in total. The van der Waals surface area contributed by atoms with Crippen molar-refractivity contribution in [2.75, 3.05) is 18.6 Å². The summed E-state index contributed by atoms with van der Waals surface area (Å²) < 4.78 is 22.2. The van der Waals surface area contributed by atoms with Gasteiger partial charge in [-0.25, -0.2) is 8.42 Å². The summed E-state index contributed by atoms with van der Waals surface area (Å²) in [6, 6.07) is 8.97. The van der Waals surface area contributed by atoms with Gasteiger partial charge < -0.3 is 5.32 Å². The predicted octanol–water partition coefficient (Wildman–Crippen LogP) is 2.65. The van der Waals surface area contributed by atoms with E-state index in [1.807, 2.05) is 0 Å². The Balaban J connectivity index is 1.94. The van der Waals surface area contributed by atoms with E-state index in [1.165, 1.54) is 23.8 Å². The molecule has 2 unspecified atom stereocenters. The van der Waals surface area contributed by atoms with Crippen LogP contribution in [-0.2, 0) is 9.84 Å². The predicted molar refractivity (Wildman–Crippen MR) is 79.2 cm³/mol. The Morgan fingerprint density at radius 1 is 1.21 bits per heavy atom. The third-order valence-corrected chi connectivity index (χ3v) is 4.90. The topological polar surface area (TPSA) is 46.2 Å². The first-order valence-corrected chi connectivity index (χ1v) is 9.03. The first kappa shape index (κ1) is 14.5. The third-order valence-electron chi connectivity index (χ3n) is 3.87. The minimum Gasteiger partial charge on any atom is -0.310 e. The number of sulfone groups is 1. The van der Waals surface area contributed by atoms with Gasteiger partial charge in [0, 0.05) is 12.3 Å². The zero-order valence-electron chi connectivity index (χ0n) is 11.7. The van der Waals surface area contributed by atoms with E-state index in [4.69, 9.17) is 0 Å². The first-order valence-electron chi connectivity index (χ1n) is 6.97. The molecular formula is C15H23NO2S. The van der Waals surface area contributed by atoms with Crippen molar-refractivity contribution < 1.29 is 8.42 Å². The normalized spacial score (nSPS) is 23.1. The maximum absolute atomic E-state index is 11.1. The second-order valence-corrected chi connectivity index (χ2v) is 7.86. The fourth-order valence-corrected chi connectivity index (χ4v) is 3.50. The van der Waals surface area contributed by atoms with E-state index in [1.54, 1.807) is 0 Å². The molecule has 0 fully saturated rings. The van der Waals surface area contributed by atoms with Gasteiger partial charge in [0.15, 0.2) is 0 Å². The monoisotopic (exact) mass is 281 g/mol. The largest absolute Gasteiger partial charge is 0.310 e. The standard InChI is InChI=1S/C15H23NO2S/c1-12-8-9-15(14-7-4-3-6-13(12)14)16-10-5-11-19(2,17)18/h3-4,6-7,12,15-16H,5,8-11H2,1-2H3. The van der Waals surface area contributed by atoms with E-state index in [-0.39, 0.29) is 5.75 Å². The molecule has 0 aromatic heterocycles. The van der Waals surface area contributed by atoms with Gasteiger partial charge in [-0.05, 0) is 42.9 Å². The number of hydrogen-bond acceptors (Lipinski definition) is 3. The van der Waals surface area contributed by atoms with Gasteiger partial charge in [0.2, 0.25) is 0 Å². The van der Waals surface area contributed by atoms with Crippen LogP contribution in [0.5, 0.6) is 0 Å². The molecule has 4 heteroatoms. The van der Waals surface area contributed by atoms with Crippen molar-refractivity contribution in [1.29, 1.82) is 0 Å². The van der Waals surface area contributed by atoms with Crippen LogP contribution in [0.3, 0.4) is 0 Å². The van der Waals surface area contributed by atoms with Crippen LogP contribution >= 0.6 is 0 Å². The average molecular weight is 281 g/mol. The molecule has 1 aromatic rings. The molecule has 1 aliphatic carbocycles. The highest BCUT2D eigenvalue weighted by atomic mass is 32.2. The highest BCUT2D eigenvalue weighted by Gasteiger charge is 2.23. The molecule has 0 heterocycles. The van der Waals surface area contributed by atoms with Gasteiger partial charge in [0.1, 0.15) is 9.84 Å². The Morgan fingerprint density at radius 2 is 1.89 bits per heavy atom. The molecule has 2 rings (SSSR count). The highest BCUT2D eigenvalue weighted by molar-refractivity contribution is 7.90. The van der Waals surface area contributed by atoms with Gasteiger partial charge in [0.25, 0.3) is 0 Å². The van der Waals surface area contributed by atoms with Crippen molar-refractivity contribution >= 4 is 9.84 Å². The second-order valence-electron chi connectivity index (χ2n) is 5.60. The van der Waals surface area contributed by atoms with Crippen LogP contribution < -0.4 is 5.32 Å². The zero-order chi connectivity index (χ0) is 13.9. The number of rotatable bonds is 5. The number of nitrogens with one attached hydrogen (secondary N) is 1. The van der Waals surface area contributed by atoms with Gasteiger partial charge in [-0.1, -0.05) is 31.2 Å². The lowest BCUT2D eigenvalue weighted by molar-refractivity contribution is 0.432. The Kier molecular flexibility index (Phi) is 4.63. The summed E-state index contributed by atoms with van der Waals surface area (Å²) in [5.74, 6) is 0.898. The van der Waals surface area contributed by atoms with E-state index in [0.29, 0.717) is 18.4 Å². The van der Waals surface area contributed by atoms with Crippen molar-refractivity contribution in [3.63, 3.8) is 0 Å². The van der Waals surface area contributed by atoms with Gasteiger partial charge in [-0.2, -0.15) is 0 Å². The summed E-state index contributed by atoms with van der Waals surface area (Å²) in [6.07, 6.45) is 4.31. The number of benzene rings is 1. The van der Waals surface area contributed by atoms with Crippen LogP contribution in [-0.4, -0.2) is 27.0 Å². The van der Waals surface area contributed by atoms with E-state index < -0.39 is 9.84 Å². The SMILES string of the molecule is CC1CCC(NCCCS(C)(=O)=O)c2ccccc21. The van der Waals surface area contributed by atoms with Gasteiger partial charge in [-0.3, -0.25) is 0 Å². The molecule has 0 saturated carbocycles. The summed E-state index contributed by atoms with van der Waals surface area (Å²) >= 11 is 0. The molecule has 0 saturated heterocycles. The van der Waals surface area contributed by atoms with Gasteiger partial charge in [0.05, 0.1) is 5.75 Å². The maximum atomic E-state index is 11.1. The first-order chi connectivity index (χ1) is 8.97. The zero-order valence-corrected chi connectivity index (χ0v) is 12.5. The smallest absolute Gasteiger partial charge is 0.147 e. The van der Waals surface area contributed by atoms with E-state index >= 15 is 0 Å². The summed E-state index contributed by atoms with van der Waals surface area (Å²) in [7, 11) is -2.84. The van der Waals surface area contributed by atoms with E-state index in [9.17, 15) is 8.42 Å². The lowest BCUT2D eigenvalue weighted by Crippen LogP contribution is -2.28. The molecule has 3 nitrogen and oxygen atoms in total. The van der Waals surface area contributed by atoms with E-state index in [2.05, 4.69) is 36.5 Å². The molecule has 0 radical (unpaired) electrons. The Bertz CT molecular complexity index is 525. The Morgan fingerprint density at radius 3 is 2.58 bits per heavy atom. The molecular weight excluding hydrogens is 258 g/mol. The summed E-state index contributed by atoms with van der Waals surface area (Å²) in [5.41, 5.74) is 2.83. The molecule has 0 amide bonds. The summed E-state index contributed by atoms with van der Waals surface area (Å²) in [5, 5.41) is 3.51. The Labute approximate surface area is 116 Å². The molecule has 0 aliphatic heterocycles. The van der Waals surface area contributed by atoms with E-state index in [0.717, 1.165) is 13.0 Å².